The summed E-state index contributed by atoms with van der Waals surface area (Å²) in [5.74, 6) is 1.24. The van der Waals surface area contributed by atoms with E-state index in [0.29, 0.717) is 10.9 Å². The van der Waals surface area contributed by atoms with Gasteiger partial charge in [0.15, 0.2) is 0 Å². The fourth-order valence-electron chi connectivity index (χ4n) is 1.92. The lowest BCUT2D eigenvalue weighted by Gasteiger charge is -2.23. The lowest BCUT2D eigenvalue weighted by molar-refractivity contribution is 0.460. The molecule has 2 rings (SSSR count). The van der Waals surface area contributed by atoms with Crippen molar-refractivity contribution in [3.8, 4) is 11.6 Å². The summed E-state index contributed by atoms with van der Waals surface area (Å²) in [6.07, 6.45) is 2.73. The van der Waals surface area contributed by atoms with Crippen molar-refractivity contribution < 1.29 is 4.74 Å². The molecule has 1 aromatic carbocycles. The largest absolute Gasteiger partial charge is 0.439 e. The van der Waals surface area contributed by atoms with Crippen molar-refractivity contribution in [2.24, 2.45) is 5.73 Å². The van der Waals surface area contributed by atoms with Gasteiger partial charge in [-0.3, -0.25) is 0 Å². The Kier molecular flexibility index (Phi) is 4.58. The third-order valence-electron chi connectivity index (χ3n) is 3.76. The molecule has 0 amide bonds. The van der Waals surface area contributed by atoms with Crippen LogP contribution in [-0.2, 0) is 5.41 Å². The molecule has 0 spiro atoms. The molecule has 0 aliphatic carbocycles. The zero-order chi connectivity index (χ0) is 15.5. The van der Waals surface area contributed by atoms with E-state index in [9.17, 15) is 0 Å². The molecule has 1 heterocycles. The molecule has 2 N–H and O–H groups in total. The summed E-state index contributed by atoms with van der Waals surface area (Å²) in [6.45, 7) is 6.65. The Morgan fingerprint density at radius 1 is 1.24 bits per heavy atom. The van der Waals surface area contributed by atoms with Crippen molar-refractivity contribution in [3.05, 3.63) is 53.7 Å². The number of thiocarbonyl (C=S) groups is 1. The van der Waals surface area contributed by atoms with E-state index in [4.69, 9.17) is 22.7 Å². The van der Waals surface area contributed by atoms with Crippen molar-refractivity contribution in [2.45, 2.75) is 32.6 Å². The molecular formula is C17H20N2OS. The Bertz CT molecular complexity index is 635. The average molecular weight is 300 g/mol. The van der Waals surface area contributed by atoms with Crippen molar-refractivity contribution >= 4 is 17.2 Å². The maximum absolute atomic E-state index is 5.74. The van der Waals surface area contributed by atoms with Gasteiger partial charge in [0, 0.05) is 17.8 Å². The highest BCUT2D eigenvalue weighted by Gasteiger charge is 2.17. The topological polar surface area (TPSA) is 48.1 Å². The van der Waals surface area contributed by atoms with Gasteiger partial charge < -0.3 is 10.5 Å². The van der Waals surface area contributed by atoms with Gasteiger partial charge in [-0.2, -0.15) is 0 Å². The molecule has 2 aromatic rings. The monoisotopic (exact) mass is 300 g/mol. The van der Waals surface area contributed by atoms with Crippen molar-refractivity contribution in [2.75, 3.05) is 0 Å². The van der Waals surface area contributed by atoms with Gasteiger partial charge in [0.05, 0.1) is 0 Å². The predicted molar refractivity (Wildman–Crippen MR) is 90.0 cm³/mol. The minimum Gasteiger partial charge on any atom is -0.439 e. The average Bonchev–Trinajstić information content (AvgIpc) is 2.48. The zero-order valence-corrected chi connectivity index (χ0v) is 13.4. The van der Waals surface area contributed by atoms with E-state index in [0.717, 1.165) is 17.7 Å². The first-order valence-corrected chi connectivity index (χ1v) is 7.37. The summed E-state index contributed by atoms with van der Waals surface area (Å²) in [6, 6.07) is 11.6. The Balaban J connectivity index is 2.17. The standard InChI is InChI=1S/C17H20N2OS/c1-4-17(2,3)13-5-7-14(8-6-13)20-15-11-12(16(18)21)9-10-19-15/h5-11H,4H2,1-3H3,(H2,18,21). The van der Waals surface area contributed by atoms with Crippen LogP contribution >= 0.6 is 12.2 Å². The van der Waals surface area contributed by atoms with Gasteiger partial charge in [-0.05, 0) is 35.6 Å². The van der Waals surface area contributed by atoms with Crippen LogP contribution in [0.5, 0.6) is 11.6 Å². The SMILES string of the molecule is CCC(C)(C)c1ccc(Oc2cc(C(N)=S)ccn2)cc1. The molecule has 21 heavy (non-hydrogen) atoms. The maximum Gasteiger partial charge on any atom is 0.219 e. The predicted octanol–water partition coefficient (Wildman–Crippen LogP) is 4.20. The highest BCUT2D eigenvalue weighted by Crippen LogP contribution is 2.29. The Hall–Kier alpha value is -1.94. The number of rotatable bonds is 5. The minimum absolute atomic E-state index is 0.169. The Labute approximate surface area is 131 Å². The molecule has 0 radical (unpaired) electrons. The molecule has 0 atom stereocenters. The van der Waals surface area contributed by atoms with Gasteiger partial charge >= 0.3 is 0 Å². The number of pyridine rings is 1. The van der Waals surface area contributed by atoms with E-state index in [-0.39, 0.29) is 5.41 Å². The molecule has 110 valence electrons. The first-order chi connectivity index (χ1) is 9.92. The third kappa shape index (κ3) is 3.79. The molecule has 0 aliphatic rings. The van der Waals surface area contributed by atoms with Gasteiger partial charge in [0.2, 0.25) is 5.88 Å². The molecular weight excluding hydrogens is 280 g/mol. The highest BCUT2D eigenvalue weighted by atomic mass is 32.1. The summed E-state index contributed by atoms with van der Waals surface area (Å²) in [4.78, 5) is 4.50. The number of nitrogens with two attached hydrogens (primary N) is 1. The van der Waals surface area contributed by atoms with Crippen LogP contribution in [0, 0.1) is 0 Å². The number of hydrogen-bond acceptors (Lipinski definition) is 3. The lowest BCUT2D eigenvalue weighted by atomic mass is 9.82. The molecule has 0 fully saturated rings. The second kappa shape index (κ2) is 6.22. The maximum atomic E-state index is 5.74. The molecule has 0 unspecified atom stereocenters. The molecule has 3 nitrogen and oxygen atoms in total. The number of nitrogens with zero attached hydrogens (tertiary/aromatic N) is 1. The van der Waals surface area contributed by atoms with E-state index in [2.05, 4.69) is 37.9 Å². The molecule has 0 bridgehead atoms. The van der Waals surface area contributed by atoms with Crippen LogP contribution in [0.2, 0.25) is 0 Å². The molecule has 0 aliphatic heterocycles. The van der Waals surface area contributed by atoms with Gasteiger partial charge in [-0.25, -0.2) is 4.98 Å². The number of ether oxygens (including phenoxy) is 1. The molecule has 1 aromatic heterocycles. The third-order valence-corrected chi connectivity index (χ3v) is 4.00. The smallest absolute Gasteiger partial charge is 0.219 e. The van der Waals surface area contributed by atoms with Crippen molar-refractivity contribution in [3.63, 3.8) is 0 Å². The lowest BCUT2D eigenvalue weighted by Crippen LogP contribution is -2.14. The van der Waals surface area contributed by atoms with E-state index >= 15 is 0 Å². The molecule has 0 saturated heterocycles. The van der Waals surface area contributed by atoms with Crippen LogP contribution in [0.25, 0.3) is 0 Å². The van der Waals surface area contributed by atoms with E-state index < -0.39 is 0 Å². The zero-order valence-electron chi connectivity index (χ0n) is 12.6. The summed E-state index contributed by atoms with van der Waals surface area (Å²) in [5, 5.41) is 0. The fraction of sp³-hybridized carbons (Fsp3) is 0.294. The second-order valence-corrected chi connectivity index (χ2v) is 6.05. The van der Waals surface area contributed by atoms with Crippen molar-refractivity contribution in [1.82, 2.24) is 4.98 Å². The van der Waals surface area contributed by atoms with Crippen LogP contribution in [0.3, 0.4) is 0 Å². The first-order valence-electron chi connectivity index (χ1n) is 6.96. The Morgan fingerprint density at radius 3 is 2.48 bits per heavy atom. The highest BCUT2D eigenvalue weighted by molar-refractivity contribution is 7.80. The summed E-state index contributed by atoms with van der Waals surface area (Å²) >= 11 is 4.95. The van der Waals surface area contributed by atoms with Crippen LogP contribution in [0.1, 0.15) is 38.3 Å². The summed E-state index contributed by atoms with van der Waals surface area (Å²) in [7, 11) is 0. The summed E-state index contributed by atoms with van der Waals surface area (Å²) < 4.78 is 5.74. The van der Waals surface area contributed by atoms with Crippen LogP contribution < -0.4 is 10.5 Å². The van der Waals surface area contributed by atoms with Gasteiger partial charge in [-0.1, -0.05) is 45.1 Å². The normalized spacial score (nSPS) is 11.2. The van der Waals surface area contributed by atoms with Crippen molar-refractivity contribution in [1.29, 1.82) is 0 Å². The van der Waals surface area contributed by atoms with Gasteiger partial charge in [0.25, 0.3) is 0 Å². The number of hydrogen-bond donors (Lipinski definition) is 1. The van der Waals surface area contributed by atoms with Gasteiger partial charge in [-0.15, -0.1) is 0 Å². The quantitative estimate of drug-likeness (QED) is 0.841. The molecule has 4 heteroatoms. The van der Waals surface area contributed by atoms with E-state index in [1.54, 1.807) is 18.3 Å². The van der Waals surface area contributed by atoms with Crippen LogP contribution in [0.15, 0.2) is 42.6 Å². The van der Waals surface area contributed by atoms with E-state index in [1.807, 2.05) is 12.1 Å². The summed E-state index contributed by atoms with van der Waals surface area (Å²) in [5.41, 5.74) is 7.82. The second-order valence-electron chi connectivity index (χ2n) is 5.61. The molecule has 0 saturated carbocycles. The fourth-order valence-corrected chi connectivity index (χ4v) is 2.04. The van der Waals surface area contributed by atoms with Gasteiger partial charge in [0.1, 0.15) is 10.7 Å². The minimum atomic E-state index is 0.169. The number of aromatic nitrogens is 1. The Morgan fingerprint density at radius 2 is 1.90 bits per heavy atom. The van der Waals surface area contributed by atoms with E-state index in [1.165, 1.54) is 5.56 Å². The van der Waals surface area contributed by atoms with Crippen LogP contribution in [0.4, 0.5) is 0 Å². The first kappa shape index (κ1) is 15.4. The number of benzene rings is 1. The van der Waals surface area contributed by atoms with Crippen LogP contribution in [-0.4, -0.2) is 9.97 Å².